The van der Waals surface area contributed by atoms with Crippen molar-refractivity contribution in [2.45, 2.75) is 31.8 Å². The van der Waals surface area contributed by atoms with Gasteiger partial charge in [0.15, 0.2) is 11.6 Å². The first-order chi connectivity index (χ1) is 13.1. The van der Waals surface area contributed by atoms with Gasteiger partial charge in [0.2, 0.25) is 11.1 Å². The molecule has 8 heteroatoms. The lowest BCUT2D eigenvalue weighted by Crippen LogP contribution is -2.16. The summed E-state index contributed by atoms with van der Waals surface area (Å²) >= 11 is 1.32. The number of nitrogens with zero attached hydrogens (tertiary/aromatic N) is 4. The molecule has 0 saturated carbocycles. The molecule has 0 aliphatic heterocycles. The van der Waals surface area contributed by atoms with Crippen LogP contribution < -0.4 is 5.32 Å². The van der Waals surface area contributed by atoms with E-state index >= 15 is 0 Å². The van der Waals surface area contributed by atoms with Crippen LogP contribution in [-0.4, -0.2) is 37.0 Å². The molecule has 0 bridgehead atoms. The number of hydrogen-bond donors (Lipinski definition) is 1. The minimum atomic E-state index is -0.167. The lowest BCUT2D eigenvalue weighted by molar-refractivity contribution is -0.113. The Labute approximate surface area is 161 Å². The van der Waals surface area contributed by atoms with Crippen molar-refractivity contribution in [3.63, 3.8) is 0 Å². The SMILES string of the molecule is CCCc1nnc(SCC(=O)Nc2cccc(C(C)=O)c2)n1-n1cccc1. The Hall–Kier alpha value is -2.87. The van der Waals surface area contributed by atoms with Gasteiger partial charge in [-0.05, 0) is 37.6 Å². The Morgan fingerprint density at radius 2 is 1.93 bits per heavy atom. The number of amides is 1. The molecular formula is C19H21N5O2S. The molecule has 2 aromatic heterocycles. The molecule has 0 aliphatic carbocycles. The Bertz CT molecular complexity index is 933. The Morgan fingerprint density at radius 1 is 1.15 bits per heavy atom. The van der Waals surface area contributed by atoms with E-state index in [1.54, 1.807) is 24.3 Å². The number of ketones is 1. The molecule has 1 N–H and O–H groups in total. The highest BCUT2D eigenvalue weighted by Crippen LogP contribution is 2.19. The average Bonchev–Trinajstić information content (AvgIpc) is 3.30. The van der Waals surface area contributed by atoms with Crippen LogP contribution in [0.5, 0.6) is 0 Å². The molecule has 3 aromatic rings. The van der Waals surface area contributed by atoms with Crippen molar-refractivity contribution in [1.82, 2.24) is 19.5 Å². The molecule has 3 rings (SSSR count). The second kappa shape index (κ2) is 8.68. The van der Waals surface area contributed by atoms with Gasteiger partial charge >= 0.3 is 0 Å². The predicted octanol–water partition coefficient (Wildman–Crippen LogP) is 3.28. The van der Waals surface area contributed by atoms with Gasteiger partial charge in [-0.2, -0.15) is 0 Å². The van der Waals surface area contributed by atoms with Gasteiger partial charge in [0.05, 0.1) is 5.75 Å². The molecule has 0 aliphatic rings. The summed E-state index contributed by atoms with van der Waals surface area (Å²) in [5, 5.41) is 12.0. The number of thioether (sulfide) groups is 1. The molecule has 7 nitrogen and oxygen atoms in total. The van der Waals surface area contributed by atoms with E-state index in [1.807, 2.05) is 33.9 Å². The smallest absolute Gasteiger partial charge is 0.234 e. The fraction of sp³-hybridized carbons (Fsp3) is 0.263. The van der Waals surface area contributed by atoms with Crippen LogP contribution in [0.3, 0.4) is 0 Å². The van der Waals surface area contributed by atoms with E-state index in [1.165, 1.54) is 18.7 Å². The number of aromatic nitrogens is 4. The van der Waals surface area contributed by atoms with Gasteiger partial charge in [-0.3, -0.25) is 14.3 Å². The first-order valence-electron chi connectivity index (χ1n) is 8.70. The lowest BCUT2D eigenvalue weighted by atomic mass is 10.1. The minimum Gasteiger partial charge on any atom is -0.325 e. The van der Waals surface area contributed by atoms with E-state index in [0.717, 1.165) is 18.7 Å². The Kier molecular flexibility index (Phi) is 6.08. The van der Waals surface area contributed by atoms with Crippen LogP contribution in [0, 0.1) is 0 Å². The molecule has 27 heavy (non-hydrogen) atoms. The third kappa shape index (κ3) is 4.65. The van der Waals surface area contributed by atoms with Crippen molar-refractivity contribution in [3.05, 3.63) is 60.2 Å². The van der Waals surface area contributed by atoms with Crippen molar-refractivity contribution in [2.75, 3.05) is 11.1 Å². The normalized spacial score (nSPS) is 10.7. The summed E-state index contributed by atoms with van der Waals surface area (Å²) in [6.07, 6.45) is 5.59. The maximum atomic E-state index is 12.3. The summed E-state index contributed by atoms with van der Waals surface area (Å²) in [5.74, 6) is 0.838. The summed E-state index contributed by atoms with van der Waals surface area (Å²) in [4.78, 5) is 23.8. The molecule has 1 aromatic carbocycles. The molecule has 0 saturated heterocycles. The van der Waals surface area contributed by atoms with Gasteiger partial charge in [0.25, 0.3) is 0 Å². The lowest BCUT2D eigenvalue weighted by Gasteiger charge is -2.11. The van der Waals surface area contributed by atoms with Crippen LogP contribution in [0.1, 0.15) is 36.5 Å². The summed E-state index contributed by atoms with van der Waals surface area (Å²) in [7, 11) is 0. The predicted molar refractivity (Wildman–Crippen MR) is 105 cm³/mol. The third-order valence-corrected chi connectivity index (χ3v) is 4.77. The number of rotatable bonds is 8. The van der Waals surface area contributed by atoms with Crippen molar-refractivity contribution in [3.8, 4) is 0 Å². The zero-order valence-corrected chi connectivity index (χ0v) is 16.1. The van der Waals surface area contributed by atoms with E-state index in [-0.39, 0.29) is 17.4 Å². The van der Waals surface area contributed by atoms with Crippen molar-refractivity contribution < 1.29 is 9.59 Å². The second-order valence-electron chi connectivity index (χ2n) is 6.00. The third-order valence-electron chi connectivity index (χ3n) is 3.86. The molecule has 0 radical (unpaired) electrons. The topological polar surface area (TPSA) is 81.8 Å². The highest BCUT2D eigenvalue weighted by Gasteiger charge is 2.15. The van der Waals surface area contributed by atoms with Crippen molar-refractivity contribution >= 4 is 29.1 Å². The molecular weight excluding hydrogens is 362 g/mol. The van der Waals surface area contributed by atoms with E-state index in [0.29, 0.717) is 16.4 Å². The number of aryl methyl sites for hydroxylation is 1. The van der Waals surface area contributed by atoms with Crippen molar-refractivity contribution in [2.24, 2.45) is 0 Å². The van der Waals surface area contributed by atoms with E-state index in [2.05, 4.69) is 22.4 Å². The summed E-state index contributed by atoms with van der Waals surface area (Å²) in [6.45, 7) is 3.59. The van der Waals surface area contributed by atoms with E-state index in [9.17, 15) is 9.59 Å². The summed E-state index contributed by atoms with van der Waals surface area (Å²) in [5.41, 5.74) is 1.17. The quantitative estimate of drug-likeness (QED) is 0.477. The summed E-state index contributed by atoms with van der Waals surface area (Å²) < 4.78 is 3.82. The molecule has 140 valence electrons. The second-order valence-corrected chi connectivity index (χ2v) is 6.94. The van der Waals surface area contributed by atoms with Gasteiger partial charge < -0.3 is 5.32 Å². The number of benzene rings is 1. The van der Waals surface area contributed by atoms with Gasteiger partial charge in [0, 0.05) is 30.1 Å². The molecule has 0 spiro atoms. The van der Waals surface area contributed by atoms with Crippen LogP contribution in [0.25, 0.3) is 0 Å². The molecule has 2 heterocycles. The van der Waals surface area contributed by atoms with Crippen LogP contribution in [-0.2, 0) is 11.2 Å². The Morgan fingerprint density at radius 3 is 2.63 bits per heavy atom. The number of nitrogens with one attached hydrogen (secondary N) is 1. The first kappa shape index (κ1) is 18.9. The monoisotopic (exact) mass is 383 g/mol. The summed E-state index contributed by atoms with van der Waals surface area (Å²) in [6, 6.07) is 10.8. The fourth-order valence-electron chi connectivity index (χ4n) is 2.60. The Balaban J connectivity index is 1.69. The zero-order valence-electron chi connectivity index (χ0n) is 15.3. The standard InChI is InChI=1S/C19H21N5O2S/c1-3-7-17-21-22-19(24(17)23-10-4-5-11-23)27-13-18(26)20-16-9-6-8-15(12-16)14(2)25/h4-6,8-12H,3,7,13H2,1-2H3,(H,20,26). The largest absolute Gasteiger partial charge is 0.325 e. The van der Waals surface area contributed by atoms with Gasteiger partial charge in [-0.15, -0.1) is 10.2 Å². The highest BCUT2D eigenvalue weighted by molar-refractivity contribution is 7.99. The van der Waals surface area contributed by atoms with E-state index < -0.39 is 0 Å². The van der Waals surface area contributed by atoms with Gasteiger partial charge in [0.1, 0.15) is 0 Å². The molecule has 0 unspecified atom stereocenters. The fourth-order valence-corrected chi connectivity index (χ4v) is 3.35. The van der Waals surface area contributed by atoms with E-state index in [4.69, 9.17) is 0 Å². The van der Waals surface area contributed by atoms with Gasteiger partial charge in [-0.25, -0.2) is 4.68 Å². The number of carbonyl (C=O) groups excluding carboxylic acids is 2. The van der Waals surface area contributed by atoms with Crippen LogP contribution >= 0.6 is 11.8 Å². The van der Waals surface area contributed by atoms with Gasteiger partial charge in [-0.1, -0.05) is 30.8 Å². The number of carbonyl (C=O) groups is 2. The first-order valence-corrected chi connectivity index (χ1v) is 9.68. The average molecular weight is 383 g/mol. The molecule has 0 atom stereocenters. The minimum absolute atomic E-state index is 0.0382. The number of Topliss-reactive ketones (excluding diaryl/α,β-unsaturated/α-hetero) is 1. The van der Waals surface area contributed by atoms with Crippen LogP contribution in [0.2, 0.25) is 0 Å². The highest BCUT2D eigenvalue weighted by atomic mass is 32.2. The number of anilines is 1. The zero-order chi connectivity index (χ0) is 19.2. The molecule has 0 fully saturated rings. The maximum absolute atomic E-state index is 12.3. The number of hydrogen-bond acceptors (Lipinski definition) is 5. The van der Waals surface area contributed by atoms with Crippen molar-refractivity contribution in [1.29, 1.82) is 0 Å². The molecule has 1 amide bonds. The van der Waals surface area contributed by atoms with Crippen LogP contribution in [0.15, 0.2) is 53.9 Å². The maximum Gasteiger partial charge on any atom is 0.234 e. The van der Waals surface area contributed by atoms with Crippen LogP contribution in [0.4, 0.5) is 5.69 Å².